The molecule has 1 fully saturated rings. The summed E-state index contributed by atoms with van der Waals surface area (Å²) in [6, 6.07) is 3.23. The predicted molar refractivity (Wildman–Crippen MR) is 66.5 cm³/mol. The first-order valence-corrected chi connectivity index (χ1v) is 6.06. The molecule has 0 aliphatic carbocycles. The van der Waals surface area contributed by atoms with Gasteiger partial charge in [0.2, 0.25) is 5.95 Å². The van der Waals surface area contributed by atoms with E-state index in [1.54, 1.807) is 6.20 Å². The SMILES string of the molecule is O=C(O)[C@@H]1CCCCN1c1nc2ncccc2[nH]1. The van der Waals surface area contributed by atoms with E-state index in [1.165, 1.54) is 0 Å². The number of H-pyrrole nitrogens is 1. The van der Waals surface area contributed by atoms with Crippen molar-refractivity contribution in [3.8, 4) is 0 Å². The Morgan fingerprint density at radius 2 is 2.39 bits per heavy atom. The molecule has 2 aromatic heterocycles. The number of carbonyl (C=O) groups is 1. The van der Waals surface area contributed by atoms with Gasteiger partial charge < -0.3 is 15.0 Å². The number of hydrogen-bond donors (Lipinski definition) is 2. The minimum atomic E-state index is -0.789. The van der Waals surface area contributed by atoms with Gasteiger partial charge in [0.15, 0.2) is 5.65 Å². The Hall–Kier alpha value is -2.11. The van der Waals surface area contributed by atoms with Gasteiger partial charge in [-0.05, 0) is 31.4 Å². The summed E-state index contributed by atoms with van der Waals surface area (Å²) in [6.45, 7) is 0.719. The molecule has 2 aromatic rings. The molecule has 94 valence electrons. The summed E-state index contributed by atoms with van der Waals surface area (Å²) in [5.74, 6) is -0.182. The van der Waals surface area contributed by atoms with Crippen LogP contribution in [0.15, 0.2) is 18.3 Å². The van der Waals surface area contributed by atoms with Gasteiger partial charge >= 0.3 is 5.97 Å². The van der Waals surface area contributed by atoms with Gasteiger partial charge in [-0.15, -0.1) is 0 Å². The van der Waals surface area contributed by atoms with Crippen molar-refractivity contribution in [2.75, 3.05) is 11.4 Å². The number of aromatic nitrogens is 3. The third kappa shape index (κ3) is 1.79. The van der Waals surface area contributed by atoms with Crippen molar-refractivity contribution in [2.45, 2.75) is 25.3 Å². The van der Waals surface area contributed by atoms with Crippen LogP contribution in [0.4, 0.5) is 5.95 Å². The van der Waals surface area contributed by atoms with Crippen molar-refractivity contribution in [2.24, 2.45) is 0 Å². The van der Waals surface area contributed by atoms with Crippen LogP contribution in [-0.4, -0.2) is 38.6 Å². The topological polar surface area (TPSA) is 82.1 Å². The normalized spacial score (nSPS) is 20.2. The first kappa shape index (κ1) is 11.0. The van der Waals surface area contributed by atoms with Gasteiger partial charge in [0.05, 0.1) is 5.52 Å². The Morgan fingerprint density at radius 1 is 1.50 bits per heavy atom. The van der Waals surface area contributed by atoms with Crippen LogP contribution in [0.5, 0.6) is 0 Å². The maximum atomic E-state index is 11.3. The highest BCUT2D eigenvalue weighted by Gasteiger charge is 2.30. The van der Waals surface area contributed by atoms with Crippen molar-refractivity contribution in [3.05, 3.63) is 18.3 Å². The Labute approximate surface area is 104 Å². The fourth-order valence-corrected chi connectivity index (χ4v) is 2.41. The number of piperidine rings is 1. The maximum Gasteiger partial charge on any atom is 0.326 e. The lowest BCUT2D eigenvalue weighted by molar-refractivity contribution is -0.139. The van der Waals surface area contributed by atoms with E-state index in [2.05, 4.69) is 15.0 Å². The van der Waals surface area contributed by atoms with Gasteiger partial charge in [-0.25, -0.2) is 9.78 Å². The number of nitrogens with one attached hydrogen (secondary N) is 1. The molecule has 0 saturated carbocycles. The number of hydrogen-bond acceptors (Lipinski definition) is 4. The molecule has 0 radical (unpaired) electrons. The van der Waals surface area contributed by atoms with Crippen molar-refractivity contribution in [3.63, 3.8) is 0 Å². The van der Waals surface area contributed by atoms with Gasteiger partial charge in [0.25, 0.3) is 0 Å². The van der Waals surface area contributed by atoms with Crippen LogP contribution >= 0.6 is 0 Å². The third-order valence-corrected chi connectivity index (χ3v) is 3.30. The second-order valence-corrected chi connectivity index (χ2v) is 4.48. The number of nitrogens with zero attached hydrogens (tertiary/aromatic N) is 3. The van der Waals surface area contributed by atoms with Crippen molar-refractivity contribution in [1.82, 2.24) is 15.0 Å². The van der Waals surface area contributed by atoms with E-state index in [0.29, 0.717) is 18.0 Å². The highest BCUT2D eigenvalue weighted by atomic mass is 16.4. The molecule has 1 aliphatic rings. The molecule has 6 heteroatoms. The van der Waals surface area contributed by atoms with Crippen LogP contribution in [0.1, 0.15) is 19.3 Å². The lowest BCUT2D eigenvalue weighted by Gasteiger charge is -2.32. The van der Waals surface area contributed by atoms with Gasteiger partial charge in [0, 0.05) is 12.7 Å². The van der Waals surface area contributed by atoms with Gasteiger partial charge in [0.1, 0.15) is 6.04 Å². The van der Waals surface area contributed by atoms with Crippen LogP contribution in [0.25, 0.3) is 11.2 Å². The standard InChI is InChI=1S/C12H14N4O2/c17-11(18)9-5-1-2-7-16(9)12-14-8-4-3-6-13-10(8)15-12/h3-4,6,9H,1-2,5,7H2,(H,17,18)(H,13,14,15)/t9-/m0/s1. The van der Waals surface area contributed by atoms with E-state index in [9.17, 15) is 9.90 Å². The number of fused-ring (bicyclic) bond motifs is 1. The molecule has 3 rings (SSSR count). The second-order valence-electron chi connectivity index (χ2n) is 4.48. The van der Waals surface area contributed by atoms with E-state index in [0.717, 1.165) is 24.9 Å². The monoisotopic (exact) mass is 246 g/mol. The smallest absolute Gasteiger partial charge is 0.326 e. The first-order chi connectivity index (χ1) is 8.75. The van der Waals surface area contributed by atoms with E-state index >= 15 is 0 Å². The molecule has 2 N–H and O–H groups in total. The molecule has 3 heterocycles. The highest BCUT2D eigenvalue weighted by Crippen LogP contribution is 2.24. The molecular formula is C12H14N4O2. The summed E-state index contributed by atoms with van der Waals surface area (Å²) in [6.07, 6.45) is 4.29. The number of carboxylic acids is 1. The number of imidazole rings is 1. The van der Waals surface area contributed by atoms with E-state index < -0.39 is 12.0 Å². The molecule has 0 amide bonds. The quantitative estimate of drug-likeness (QED) is 0.837. The molecule has 0 bridgehead atoms. The average Bonchev–Trinajstić information content (AvgIpc) is 2.82. The lowest BCUT2D eigenvalue weighted by Crippen LogP contribution is -2.45. The molecule has 18 heavy (non-hydrogen) atoms. The van der Waals surface area contributed by atoms with Crippen LogP contribution < -0.4 is 4.90 Å². The maximum absolute atomic E-state index is 11.3. The van der Waals surface area contributed by atoms with E-state index in [1.807, 2.05) is 17.0 Å². The number of rotatable bonds is 2. The zero-order valence-corrected chi connectivity index (χ0v) is 9.83. The Balaban J connectivity index is 1.98. The minimum Gasteiger partial charge on any atom is -0.480 e. The Bertz CT molecular complexity index is 547. The largest absolute Gasteiger partial charge is 0.480 e. The zero-order valence-electron chi connectivity index (χ0n) is 9.83. The zero-order chi connectivity index (χ0) is 12.5. The Kier molecular flexibility index (Phi) is 2.62. The molecule has 1 saturated heterocycles. The van der Waals surface area contributed by atoms with Crippen LogP contribution in [0.3, 0.4) is 0 Å². The number of anilines is 1. The predicted octanol–water partition coefficient (Wildman–Crippen LogP) is 1.40. The molecule has 0 spiro atoms. The van der Waals surface area contributed by atoms with Crippen LogP contribution in [0.2, 0.25) is 0 Å². The van der Waals surface area contributed by atoms with Crippen LogP contribution in [-0.2, 0) is 4.79 Å². The van der Waals surface area contributed by atoms with Crippen LogP contribution in [0, 0.1) is 0 Å². The summed E-state index contributed by atoms with van der Waals surface area (Å²) < 4.78 is 0. The summed E-state index contributed by atoms with van der Waals surface area (Å²) in [5, 5.41) is 9.25. The van der Waals surface area contributed by atoms with Crippen molar-refractivity contribution < 1.29 is 9.90 Å². The molecule has 1 aliphatic heterocycles. The summed E-state index contributed by atoms with van der Waals surface area (Å²) in [7, 11) is 0. The molecule has 0 unspecified atom stereocenters. The van der Waals surface area contributed by atoms with E-state index in [-0.39, 0.29) is 0 Å². The molecule has 6 nitrogen and oxygen atoms in total. The number of aromatic amines is 1. The highest BCUT2D eigenvalue weighted by molar-refractivity contribution is 5.79. The molecule has 0 aromatic carbocycles. The summed E-state index contributed by atoms with van der Waals surface area (Å²) in [4.78, 5) is 24.7. The van der Waals surface area contributed by atoms with Gasteiger partial charge in [-0.2, -0.15) is 4.98 Å². The first-order valence-electron chi connectivity index (χ1n) is 6.06. The fraction of sp³-hybridized carbons (Fsp3) is 0.417. The minimum absolute atomic E-state index is 0.487. The number of aliphatic carboxylic acids is 1. The number of pyridine rings is 1. The second kappa shape index (κ2) is 4.29. The Morgan fingerprint density at radius 3 is 3.17 bits per heavy atom. The molecule has 1 atom stereocenters. The number of carboxylic acid groups (broad SMARTS) is 1. The van der Waals surface area contributed by atoms with Gasteiger partial charge in [-0.1, -0.05) is 0 Å². The van der Waals surface area contributed by atoms with Crippen molar-refractivity contribution >= 4 is 23.1 Å². The fourth-order valence-electron chi connectivity index (χ4n) is 2.41. The summed E-state index contributed by atoms with van der Waals surface area (Å²) in [5.41, 5.74) is 1.46. The molecular weight excluding hydrogens is 232 g/mol. The van der Waals surface area contributed by atoms with E-state index in [4.69, 9.17) is 0 Å². The third-order valence-electron chi connectivity index (χ3n) is 3.30. The van der Waals surface area contributed by atoms with Gasteiger partial charge in [-0.3, -0.25) is 0 Å². The average molecular weight is 246 g/mol. The van der Waals surface area contributed by atoms with Crippen molar-refractivity contribution in [1.29, 1.82) is 0 Å². The summed E-state index contributed by atoms with van der Waals surface area (Å²) >= 11 is 0. The lowest BCUT2D eigenvalue weighted by atomic mass is 10.0.